The summed E-state index contributed by atoms with van der Waals surface area (Å²) >= 11 is 6.15. The Labute approximate surface area is 196 Å². The zero-order valence-electron chi connectivity index (χ0n) is 18.8. The highest BCUT2D eigenvalue weighted by Gasteiger charge is 2.37. The highest BCUT2D eigenvalue weighted by atomic mass is 35.5. The van der Waals surface area contributed by atoms with Gasteiger partial charge < -0.3 is 10.1 Å². The number of aryl methyl sites for hydroxylation is 1. The predicted molar refractivity (Wildman–Crippen MR) is 129 cm³/mol. The molecule has 0 aromatic heterocycles. The fourth-order valence-corrected chi connectivity index (χ4v) is 5.78. The van der Waals surface area contributed by atoms with Gasteiger partial charge in [-0.2, -0.15) is 0 Å². The van der Waals surface area contributed by atoms with Crippen molar-refractivity contribution >= 4 is 33.2 Å². The Morgan fingerprint density at radius 3 is 2.44 bits per heavy atom. The van der Waals surface area contributed by atoms with Gasteiger partial charge in [-0.15, -0.1) is 0 Å². The quantitative estimate of drug-likeness (QED) is 0.620. The van der Waals surface area contributed by atoms with E-state index >= 15 is 0 Å². The van der Waals surface area contributed by atoms with Gasteiger partial charge in [0, 0.05) is 30.2 Å². The number of ether oxygens (including phenoxy) is 1. The topological polar surface area (TPSA) is 75.7 Å². The number of benzene rings is 2. The smallest absolute Gasteiger partial charge is 0.243 e. The molecule has 1 amide bonds. The van der Waals surface area contributed by atoms with Crippen LogP contribution in [-0.4, -0.2) is 46.4 Å². The lowest BCUT2D eigenvalue weighted by Crippen LogP contribution is -2.53. The van der Waals surface area contributed by atoms with Gasteiger partial charge in [0.25, 0.3) is 0 Å². The van der Waals surface area contributed by atoms with Crippen LogP contribution in [-0.2, 0) is 25.0 Å². The Morgan fingerprint density at radius 2 is 1.84 bits per heavy atom. The van der Waals surface area contributed by atoms with Gasteiger partial charge in [-0.1, -0.05) is 54.9 Å². The third-order valence-electron chi connectivity index (χ3n) is 6.18. The Balaban J connectivity index is 1.89. The van der Waals surface area contributed by atoms with E-state index in [-0.39, 0.29) is 11.3 Å². The summed E-state index contributed by atoms with van der Waals surface area (Å²) in [4.78, 5) is 13.4. The van der Waals surface area contributed by atoms with Crippen LogP contribution in [0.5, 0.6) is 0 Å². The second-order valence-corrected chi connectivity index (χ2v) is 10.7. The van der Waals surface area contributed by atoms with Crippen molar-refractivity contribution in [2.75, 3.05) is 30.3 Å². The van der Waals surface area contributed by atoms with Crippen LogP contribution in [0.4, 0.5) is 5.69 Å². The van der Waals surface area contributed by atoms with Crippen LogP contribution in [0.2, 0.25) is 5.02 Å². The lowest BCUT2D eigenvalue weighted by Gasteiger charge is -2.39. The number of anilines is 1. The Kier molecular flexibility index (Phi) is 7.85. The fraction of sp³-hybridized carbons (Fsp3) is 0.458. The number of halogens is 1. The van der Waals surface area contributed by atoms with Gasteiger partial charge in [0.05, 0.1) is 11.9 Å². The second kappa shape index (κ2) is 10.2. The summed E-state index contributed by atoms with van der Waals surface area (Å²) in [6.07, 6.45) is 3.02. The van der Waals surface area contributed by atoms with E-state index in [0.717, 1.165) is 30.2 Å². The number of hydrogen-bond acceptors (Lipinski definition) is 4. The molecule has 174 valence electrons. The van der Waals surface area contributed by atoms with Crippen molar-refractivity contribution in [3.8, 4) is 0 Å². The number of nitrogens with one attached hydrogen (secondary N) is 1. The molecule has 2 aromatic carbocycles. The summed E-state index contributed by atoms with van der Waals surface area (Å²) in [7, 11) is -3.73. The highest BCUT2D eigenvalue weighted by molar-refractivity contribution is 7.92. The first-order valence-electron chi connectivity index (χ1n) is 10.8. The van der Waals surface area contributed by atoms with E-state index in [4.69, 9.17) is 16.3 Å². The molecule has 0 spiro atoms. The lowest BCUT2D eigenvalue weighted by molar-refractivity contribution is -0.122. The molecule has 1 heterocycles. The third kappa shape index (κ3) is 5.45. The highest BCUT2D eigenvalue weighted by Crippen LogP contribution is 2.34. The molecule has 1 N–H and O–H groups in total. The number of carbonyl (C=O) groups is 1. The molecular weight excluding hydrogens is 448 g/mol. The first kappa shape index (κ1) is 24.6. The molecule has 1 aliphatic rings. The largest absolute Gasteiger partial charge is 0.381 e. The fourth-order valence-electron chi connectivity index (χ4n) is 4.35. The molecule has 0 aliphatic carbocycles. The molecule has 6 nitrogen and oxygen atoms in total. The van der Waals surface area contributed by atoms with Gasteiger partial charge >= 0.3 is 0 Å². The van der Waals surface area contributed by atoms with Gasteiger partial charge in [0.1, 0.15) is 6.04 Å². The third-order valence-corrected chi connectivity index (χ3v) is 7.58. The van der Waals surface area contributed by atoms with Crippen LogP contribution in [0, 0.1) is 6.92 Å². The van der Waals surface area contributed by atoms with Gasteiger partial charge in [-0.25, -0.2) is 8.42 Å². The molecule has 0 bridgehead atoms. The van der Waals surface area contributed by atoms with Crippen LogP contribution in [0.15, 0.2) is 48.5 Å². The zero-order valence-corrected chi connectivity index (χ0v) is 20.4. The van der Waals surface area contributed by atoms with Gasteiger partial charge in [0.15, 0.2) is 0 Å². The molecule has 32 heavy (non-hydrogen) atoms. The van der Waals surface area contributed by atoms with Crippen LogP contribution < -0.4 is 9.62 Å². The standard InChI is InChI=1S/C24H31ClN2O4S/c1-4-21(27(32(3,29)30)22-16-20(25)11-10-18(22)2)23(28)26-17-24(12-14-31-15-13-24)19-8-6-5-7-9-19/h5-11,16,21H,4,12-15,17H2,1-3H3,(H,26,28). The Morgan fingerprint density at radius 1 is 1.19 bits per heavy atom. The summed E-state index contributed by atoms with van der Waals surface area (Å²) < 4.78 is 32.3. The van der Waals surface area contributed by atoms with E-state index in [9.17, 15) is 13.2 Å². The maximum atomic E-state index is 13.4. The van der Waals surface area contributed by atoms with Crippen LogP contribution >= 0.6 is 11.6 Å². The van der Waals surface area contributed by atoms with Gasteiger partial charge in [0.2, 0.25) is 15.9 Å². The summed E-state index contributed by atoms with van der Waals surface area (Å²) in [5.74, 6) is -0.320. The first-order valence-corrected chi connectivity index (χ1v) is 13.1. The summed E-state index contributed by atoms with van der Waals surface area (Å²) in [6, 6.07) is 14.3. The molecule has 3 rings (SSSR count). The minimum atomic E-state index is -3.73. The molecule has 8 heteroatoms. The number of nitrogens with zero attached hydrogens (tertiary/aromatic N) is 1. The number of sulfonamides is 1. The average molecular weight is 479 g/mol. The van der Waals surface area contributed by atoms with Crippen molar-refractivity contribution in [2.24, 2.45) is 0 Å². The van der Waals surface area contributed by atoms with E-state index in [2.05, 4.69) is 17.4 Å². The molecule has 1 atom stereocenters. The van der Waals surface area contributed by atoms with Gasteiger partial charge in [-0.05, 0) is 49.4 Å². The van der Waals surface area contributed by atoms with Crippen molar-refractivity contribution in [3.63, 3.8) is 0 Å². The van der Waals surface area contributed by atoms with Crippen molar-refractivity contribution in [3.05, 3.63) is 64.7 Å². The van der Waals surface area contributed by atoms with Gasteiger partial charge in [-0.3, -0.25) is 9.10 Å². The molecule has 1 saturated heterocycles. The lowest BCUT2D eigenvalue weighted by atomic mass is 9.74. The number of hydrogen-bond donors (Lipinski definition) is 1. The number of carbonyl (C=O) groups excluding carboxylic acids is 1. The SMILES string of the molecule is CCC(C(=O)NCC1(c2ccccc2)CCOCC1)N(c1cc(Cl)ccc1C)S(C)(=O)=O. The normalized spacial score (nSPS) is 16.9. The van der Waals surface area contributed by atoms with Crippen LogP contribution in [0.1, 0.15) is 37.3 Å². The Bertz CT molecular complexity index is 1040. The molecule has 1 unspecified atom stereocenters. The van der Waals surface area contributed by atoms with Crippen molar-refractivity contribution < 1.29 is 17.9 Å². The molecule has 0 radical (unpaired) electrons. The van der Waals surface area contributed by atoms with Crippen molar-refractivity contribution in [1.82, 2.24) is 5.32 Å². The molecular formula is C24H31ClN2O4S. The summed E-state index contributed by atoms with van der Waals surface area (Å²) in [6.45, 7) is 5.28. The van der Waals surface area contributed by atoms with Crippen LogP contribution in [0.25, 0.3) is 0 Å². The predicted octanol–water partition coefficient (Wildman–Crippen LogP) is 4.06. The monoisotopic (exact) mass is 478 g/mol. The number of amides is 1. The summed E-state index contributed by atoms with van der Waals surface area (Å²) in [5, 5.41) is 3.48. The van der Waals surface area contributed by atoms with E-state index in [0.29, 0.717) is 36.9 Å². The average Bonchev–Trinajstić information content (AvgIpc) is 2.78. The molecule has 2 aromatic rings. The minimum Gasteiger partial charge on any atom is -0.381 e. The van der Waals surface area contributed by atoms with Crippen molar-refractivity contribution in [1.29, 1.82) is 0 Å². The van der Waals surface area contributed by atoms with Crippen LogP contribution in [0.3, 0.4) is 0 Å². The molecule has 1 fully saturated rings. The minimum absolute atomic E-state index is 0.241. The molecule has 0 saturated carbocycles. The van der Waals surface area contributed by atoms with E-state index < -0.39 is 16.1 Å². The van der Waals surface area contributed by atoms with E-state index in [1.165, 1.54) is 4.31 Å². The zero-order chi connectivity index (χ0) is 23.4. The number of rotatable bonds is 8. The van der Waals surface area contributed by atoms with E-state index in [1.807, 2.05) is 25.1 Å². The maximum Gasteiger partial charge on any atom is 0.243 e. The molecule has 1 aliphatic heterocycles. The maximum absolute atomic E-state index is 13.4. The van der Waals surface area contributed by atoms with E-state index in [1.54, 1.807) is 25.1 Å². The van der Waals surface area contributed by atoms with Crippen molar-refractivity contribution in [2.45, 2.75) is 44.6 Å². The second-order valence-electron chi connectivity index (χ2n) is 8.39. The summed E-state index contributed by atoms with van der Waals surface area (Å²) in [5.41, 5.74) is 2.07. The Hall–Kier alpha value is -2.09. The first-order chi connectivity index (χ1) is 15.2.